The third-order valence-electron chi connectivity index (χ3n) is 6.00. The van der Waals surface area contributed by atoms with Gasteiger partial charge in [0, 0.05) is 17.0 Å². The quantitative estimate of drug-likeness (QED) is 0.455. The Morgan fingerprint density at radius 2 is 1.77 bits per heavy atom. The van der Waals surface area contributed by atoms with Crippen LogP contribution in [0.5, 0.6) is 0 Å². The predicted octanol–water partition coefficient (Wildman–Crippen LogP) is 5.88. The minimum atomic E-state index is -4.02. The molecule has 0 saturated heterocycles. The van der Waals surface area contributed by atoms with Crippen molar-refractivity contribution in [3.05, 3.63) is 74.7 Å². The molecule has 0 amide bonds. The maximum Gasteiger partial charge on any atom is 0.188 e. The maximum absolute atomic E-state index is 14.9. The van der Waals surface area contributed by atoms with Gasteiger partial charge in [-0.05, 0) is 81.0 Å². The van der Waals surface area contributed by atoms with Gasteiger partial charge < -0.3 is 0 Å². The highest BCUT2D eigenvalue weighted by atomic mass is 35.5. The number of rotatable bonds is 5. The van der Waals surface area contributed by atoms with Crippen LogP contribution in [0.3, 0.4) is 0 Å². The Labute approximate surface area is 189 Å². The lowest BCUT2D eigenvalue weighted by molar-refractivity contribution is 0.284. The van der Waals surface area contributed by atoms with Gasteiger partial charge in [-0.1, -0.05) is 11.6 Å². The highest BCUT2D eigenvalue weighted by Gasteiger charge is 2.50. The molecule has 4 rings (SSSR count). The smallest absolute Gasteiger partial charge is 0.188 e. The molecule has 0 radical (unpaired) electrons. The second-order valence-electron chi connectivity index (χ2n) is 7.94. The van der Waals surface area contributed by atoms with Gasteiger partial charge >= 0.3 is 0 Å². The monoisotopic (exact) mass is 482 g/mol. The Kier molecular flexibility index (Phi) is 6.16. The van der Waals surface area contributed by atoms with Crippen LogP contribution in [0, 0.1) is 24.5 Å². The molecule has 164 valence electrons. The molecule has 0 unspecified atom stereocenters. The van der Waals surface area contributed by atoms with E-state index in [0.717, 1.165) is 28.2 Å². The van der Waals surface area contributed by atoms with Crippen LogP contribution < -0.4 is 0 Å². The number of aromatic nitrogens is 2. The third kappa shape index (κ3) is 4.25. The topological polar surface area (TPSA) is 59.9 Å². The van der Waals surface area contributed by atoms with Gasteiger partial charge in [-0.2, -0.15) is 0 Å². The number of halogens is 3. The van der Waals surface area contributed by atoms with Crippen molar-refractivity contribution >= 4 is 32.8 Å². The second kappa shape index (κ2) is 8.56. The average molecular weight is 483 g/mol. The largest absolute Gasteiger partial charge is 0.223 e. The molecule has 0 atom stereocenters. The summed E-state index contributed by atoms with van der Waals surface area (Å²) in [6.45, 7) is 1.89. The number of hydrogen-bond acceptors (Lipinski definition) is 5. The van der Waals surface area contributed by atoms with Crippen LogP contribution in [0.25, 0.3) is 0 Å². The molecule has 0 spiro atoms. The third-order valence-corrected chi connectivity index (χ3v) is 9.66. The van der Waals surface area contributed by atoms with Gasteiger partial charge in [-0.3, -0.25) is 0 Å². The SMILES string of the molecule is Cc1nnc(CC2CCC(c3cc(F)ccc3F)(S(=O)(=O)c3ccc(Cl)cc3)CC2)s1. The Bertz CT molecular complexity index is 1190. The number of hydrogen-bond donors (Lipinski definition) is 0. The van der Waals surface area contributed by atoms with Crippen LogP contribution in [0.2, 0.25) is 5.02 Å². The minimum Gasteiger partial charge on any atom is -0.223 e. The van der Waals surface area contributed by atoms with Crippen molar-refractivity contribution < 1.29 is 17.2 Å². The average Bonchev–Trinajstić information content (AvgIpc) is 3.15. The molecule has 31 heavy (non-hydrogen) atoms. The summed E-state index contributed by atoms with van der Waals surface area (Å²) in [7, 11) is -4.02. The van der Waals surface area contributed by atoms with E-state index < -0.39 is 26.2 Å². The Morgan fingerprint density at radius 1 is 1.10 bits per heavy atom. The van der Waals surface area contributed by atoms with Gasteiger partial charge in [0.15, 0.2) is 9.84 Å². The summed E-state index contributed by atoms with van der Waals surface area (Å²) < 4.78 is 55.0. The molecule has 1 heterocycles. The standard InChI is InChI=1S/C22H21ClF2N2O2S2/c1-14-26-27-21(30-14)12-15-8-10-22(11-9-15,19-13-17(24)4-7-20(19)25)31(28,29)18-5-2-16(23)3-6-18/h2-7,13,15H,8-12H2,1H3. The summed E-state index contributed by atoms with van der Waals surface area (Å²) in [6.07, 6.45) is 2.21. The summed E-state index contributed by atoms with van der Waals surface area (Å²) in [5.41, 5.74) is -0.104. The van der Waals surface area contributed by atoms with Crippen LogP contribution in [0.4, 0.5) is 8.78 Å². The van der Waals surface area contributed by atoms with Crippen molar-refractivity contribution in [2.45, 2.75) is 48.7 Å². The second-order valence-corrected chi connectivity index (χ2v) is 11.9. The first-order valence-corrected chi connectivity index (χ1v) is 12.6. The lowest BCUT2D eigenvalue weighted by Crippen LogP contribution is -2.41. The predicted molar refractivity (Wildman–Crippen MR) is 117 cm³/mol. The van der Waals surface area contributed by atoms with E-state index in [1.807, 2.05) is 6.92 Å². The lowest BCUT2D eigenvalue weighted by atomic mass is 9.76. The number of aryl methyl sites for hydroxylation is 1. The first-order valence-electron chi connectivity index (χ1n) is 9.96. The summed E-state index contributed by atoms with van der Waals surface area (Å²) in [5, 5.41) is 10.4. The van der Waals surface area contributed by atoms with Gasteiger partial charge in [-0.25, -0.2) is 17.2 Å². The van der Waals surface area contributed by atoms with E-state index in [9.17, 15) is 17.2 Å². The first-order chi connectivity index (χ1) is 14.7. The van der Waals surface area contributed by atoms with Crippen molar-refractivity contribution in [3.63, 3.8) is 0 Å². The van der Waals surface area contributed by atoms with Gasteiger partial charge in [0.1, 0.15) is 26.4 Å². The van der Waals surface area contributed by atoms with E-state index in [4.69, 9.17) is 11.6 Å². The number of benzene rings is 2. The fourth-order valence-corrected chi connectivity index (χ4v) is 7.50. The van der Waals surface area contributed by atoms with Crippen molar-refractivity contribution in [2.24, 2.45) is 5.92 Å². The Balaban J connectivity index is 1.73. The van der Waals surface area contributed by atoms with E-state index in [0.29, 0.717) is 24.3 Å². The van der Waals surface area contributed by atoms with Crippen molar-refractivity contribution in [3.8, 4) is 0 Å². The molecule has 1 aliphatic carbocycles. The minimum absolute atomic E-state index is 0.0544. The zero-order valence-electron chi connectivity index (χ0n) is 16.8. The van der Waals surface area contributed by atoms with E-state index in [1.165, 1.54) is 35.6 Å². The number of sulfone groups is 1. The van der Waals surface area contributed by atoms with Crippen molar-refractivity contribution in [2.75, 3.05) is 0 Å². The Hall–Kier alpha value is -1.90. The molecule has 3 aromatic rings. The zero-order valence-corrected chi connectivity index (χ0v) is 19.2. The lowest BCUT2D eigenvalue weighted by Gasteiger charge is -2.40. The van der Waals surface area contributed by atoms with Crippen LogP contribution in [-0.2, 0) is 21.0 Å². The molecule has 4 nitrogen and oxygen atoms in total. The molecular formula is C22H21ClF2N2O2S2. The van der Waals surface area contributed by atoms with Crippen molar-refractivity contribution in [1.29, 1.82) is 0 Å². The zero-order chi connectivity index (χ0) is 22.2. The van der Waals surface area contributed by atoms with E-state index >= 15 is 0 Å². The summed E-state index contributed by atoms with van der Waals surface area (Å²) in [6, 6.07) is 8.86. The molecule has 1 fully saturated rings. The highest BCUT2D eigenvalue weighted by molar-refractivity contribution is 7.92. The first kappa shape index (κ1) is 22.3. The molecule has 0 aliphatic heterocycles. The maximum atomic E-state index is 14.9. The van der Waals surface area contributed by atoms with Crippen LogP contribution in [0.15, 0.2) is 47.4 Å². The van der Waals surface area contributed by atoms with Crippen LogP contribution in [0.1, 0.15) is 41.3 Å². The molecule has 1 aliphatic rings. The fraction of sp³-hybridized carbons (Fsp3) is 0.364. The van der Waals surface area contributed by atoms with Gasteiger partial charge in [0.25, 0.3) is 0 Å². The molecule has 9 heteroatoms. The highest BCUT2D eigenvalue weighted by Crippen LogP contribution is 2.49. The molecule has 0 bridgehead atoms. The number of nitrogens with zero attached hydrogens (tertiary/aromatic N) is 2. The molecule has 0 N–H and O–H groups in total. The van der Waals surface area contributed by atoms with Crippen molar-refractivity contribution in [1.82, 2.24) is 10.2 Å². The Morgan fingerprint density at radius 3 is 2.39 bits per heavy atom. The van der Waals surface area contributed by atoms with Gasteiger partial charge in [-0.15, -0.1) is 21.5 Å². The molecule has 2 aromatic carbocycles. The molecular weight excluding hydrogens is 462 g/mol. The summed E-state index contributed by atoms with van der Waals surface area (Å²) in [4.78, 5) is 0.0544. The summed E-state index contributed by atoms with van der Waals surface area (Å²) in [5.74, 6) is -1.16. The van der Waals surface area contributed by atoms with E-state index in [1.54, 1.807) is 0 Å². The normalized spacial score (nSPS) is 21.9. The van der Waals surface area contributed by atoms with Crippen LogP contribution >= 0.6 is 22.9 Å². The summed E-state index contributed by atoms with van der Waals surface area (Å²) >= 11 is 7.45. The van der Waals surface area contributed by atoms with E-state index in [2.05, 4.69) is 10.2 Å². The molecule has 1 saturated carbocycles. The van der Waals surface area contributed by atoms with Gasteiger partial charge in [0.2, 0.25) is 0 Å². The van der Waals surface area contributed by atoms with E-state index in [-0.39, 0.29) is 29.2 Å². The van der Waals surface area contributed by atoms with Crippen LogP contribution in [-0.4, -0.2) is 18.6 Å². The van der Waals surface area contributed by atoms with Gasteiger partial charge in [0.05, 0.1) is 4.90 Å². The molecule has 1 aromatic heterocycles. The fourth-order valence-electron chi connectivity index (χ4n) is 4.38.